The van der Waals surface area contributed by atoms with Gasteiger partial charge >= 0.3 is 0 Å². The molecular formula is C19H34N2. The Labute approximate surface area is 131 Å². The first-order valence-electron chi connectivity index (χ1n) is 8.69. The lowest BCUT2D eigenvalue weighted by Gasteiger charge is -2.20. The molecule has 0 fully saturated rings. The van der Waals surface area contributed by atoms with Gasteiger partial charge in [0.15, 0.2) is 0 Å². The summed E-state index contributed by atoms with van der Waals surface area (Å²) in [7, 11) is 4.18. The first-order valence-corrected chi connectivity index (χ1v) is 8.69. The van der Waals surface area contributed by atoms with E-state index in [1.54, 1.807) is 0 Å². The maximum Gasteiger partial charge on any atom is 0.0361 e. The van der Waals surface area contributed by atoms with Crippen LogP contribution in [-0.2, 0) is 0 Å². The predicted octanol–water partition coefficient (Wildman–Crippen LogP) is 5.15. The third-order valence-electron chi connectivity index (χ3n) is 4.11. The molecular weight excluding hydrogens is 256 g/mol. The van der Waals surface area contributed by atoms with Crippen molar-refractivity contribution in [3.63, 3.8) is 0 Å². The van der Waals surface area contributed by atoms with Gasteiger partial charge in [0.25, 0.3) is 0 Å². The number of rotatable bonds is 11. The summed E-state index contributed by atoms with van der Waals surface area (Å²) in [5.74, 6) is 0. The fourth-order valence-electron chi connectivity index (χ4n) is 2.77. The van der Waals surface area contributed by atoms with Crippen LogP contribution >= 0.6 is 0 Å². The Morgan fingerprint density at radius 3 is 2.10 bits per heavy atom. The van der Waals surface area contributed by atoms with Gasteiger partial charge in [0.2, 0.25) is 0 Å². The predicted molar refractivity (Wildman–Crippen MR) is 95.2 cm³/mol. The lowest BCUT2D eigenvalue weighted by molar-refractivity contribution is 0.477. The van der Waals surface area contributed by atoms with Gasteiger partial charge in [-0.15, -0.1) is 0 Å². The second-order valence-electron chi connectivity index (χ2n) is 6.15. The Morgan fingerprint density at radius 2 is 1.52 bits per heavy atom. The minimum Gasteiger partial charge on any atom is -0.378 e. The Kier molecular flexibility index (Phi) is 9.16. The van der Waals surface area contributed by atoms with Crippen molar-refractivity contribution in [3.8, 4) is 0 Å². The molecule has 0 saturated heterocycles. The molecule has 1 aromatic carbocycles. The zero-order valence-corrected chi connectivity index (χ0v) is 14.5. The van der Waals surface area contributed by atoms with Crippen LogP contribution < -0.4 is 10.2 Å². The van der Waals surface area contributed by atoms with Gasteiger partial charge in [-0.1, -0.05) is 64.5 Å². The quantitative estimate of drug-likeness (QED) is 0.567. The lowest BCUT2D eigenvalue weighted by atomic mass is 9.99. The molecule has 0 spiro atoms. The summed E-state index contributed by atoms with van der Waals surface area (Å²) in [6.45, 7) is 5.51. The van der Waals surface area contributed by atoms with Crippen molar-refractivity contribution >= 4 is 5.69 Å². The highest BCUT2D eigenvalue weighted by Crippen LogP contribution is 2.23. The van der Waals surface area contributed by atoms with Crippen LogP contribution in [0.15, 0.2) is 24.3 Å². The maximum absolute atomic E-state index is 3.64. The molecule has 1 N–H and O–H groups in total. The number of nitrogens with zero attached hydrogens (tertiary/aromatic N) is 1. The number of hydrogen-bond acceptors (Lipinski definition) is 2. The average molecular weight is 290 g/mol. The first kappa shape index (κ1) is 18.0. The summed E-state index contributed by atoms with van der Waals surface area (Å²) < 4.78 is 0. The maximum atomic E-state index is 3.64. The zero-order chi connectivity index (χ0) is 15.5. The number of unbranched alkanes of at least 4 members (excludes halogenated alkanes) is 5. The van der Waals surface area contributed by atoms with Crippen molar-refractivity contribution in [3.05, 3.63) is 29.8 Å². The van der Waals surface area contributed by atoms with Crippen LogP contribution in [0.5, 0.6) is 0 Å². The van der Waals surface area contributed by atoms with Crippen LogP contribution in [0, 0.1) is 0 Å². The van der Waals surface area contributed by atoms with E-state index in [9.17, 15) is 0 Å². The van der Waals surface area contributed by atoms with E-state index in [0.717, 1.165) is 6.54 Å². The zero-order valence-electron chi connectivity index (χ0n) is 14.5. The minimum absolute atomic E-state index is 0.511. The molecule has 0 aliphatic carbocycles. The molecule has 21 heavy (non-hydrogen) atoms. The van der Waals surface area contributed by atoms with Crippen LogP contribution in [0.3, 0.4) is 0 Å². The number of benzene rings is 1. The first-order chi connectivity index (χ1) is 10.2. The van der Waals surface area contributed by atoms with Crippen LogP contribution in [0.1, 0.15) is 70.4 Å². The molecule has 120 valence electrons. The van der Waals surface area contributed by atoms with Crippen LogP contribution in [0.2, 0.25) is 0 Å². The van der Waals surface area contributed by atoms with Crippen molar-refractivity contribution < 1.29 is 0 Å². The molecule has 0 heterocycles. The molecule has 0 aromatic heterocycles. The van der Waals surface area contributed by atoms with Crippen molar-refractivity contribution in [1.82, 2.24) is 5.32 Å². The van der Waals surface area contributed by atoms with Gasteiger partial charge in [0.1, 0.15) is 0 Å². The highest BCUT2D eigenvalue weighted by Gasteiger charge is 2.10. The van der Waals surface area contributed by atoms with Gasteiger partial charge in [0.05, 0.1) is 0 Å². The molecule has 0 saturated carbocycles. The molecule has 1 atom stereocenters. The fourth-order valence-corrected chi connectivity index (χ4v) is 2.77. The second kappa shape index (κ2) is 10.7. The summed E-state index contributed by atoms with van der Waals surface area (Å²) >= 11 is 0. The normalized spacial score (nSPS) is 12.4. The van der Waals surface area contributed by atoms with E-state index in [2.05, 4.69) is 62.4 Å². The standard InChI is InChI=1S/C19H34N2/c1-5-7-8-9-10-11-12-19(20-6-2)17-13-15-18(16-14-17)21(3)4/h13-16,19-20H,5-12H2,1-4H3. The Bertz CT molecular complexity index is 356. The van der Waals surface area contributed by atoms with E-state index in [1.165, 1.54) is 56.2 Å². The van der Waals surface area contributed by atoms with Gasteiger partial charge in [-0.2, -0.15) is 0 Å². The van der Waals surface area contributed by atoms with E-state index >= 15 is 0 Å². The molecule has 0 bridgehead atoms. The van der Waals surface area contributed by atoms with Crippen molar-refractivity contribution in [2.45, 2.75) is 64.8 Å². The lowest BCUT2D eigenvalue weighted by Crippen LogP contribution is -2.21. The number of anilines is 1. The van der Waals surface area contributed by atoms with Crippen LogP contribution in [0.25, 0.3) is 0 Å². The minimum atomic E-state index is 0.511. The number of hydrogen-bond donors (Lipinski definition) is 1. The Hall–Kier alpha value is -1.02. The summed E-state index contributed by atoms with van der Waals surface area (Å²) in [6, 6.07) is 9.51. The van der Waals surface area contributed by atoms with Gasteiger partial charge in [-0.3, -0.25) is 0 Å². The summed E-state index contributed by atoms with van der Waals surface area (Å²) in [6.07, 6.45) is 9.47. The molecule has 2 heteroatoms. The topological polar surface area (TPSA) is 15.3 Å². The molecule has 0 amide bonds. The summed E-state index contributed by atoms with van der Waals surface area (Å²) in [5.41, 5.74) is 2.70. The third-order valence-corrected chi connectivity index (χ3v) is 4.11. The fraction of sp³-hybridized carbons (Fsp3) is 0.684. The summed E-state index contributed by atoms with van der Waals surface area (Å²) in [5, 5.41) is 3.64. The van der Waals surface area contributed by atoms with E-state index < -0.39 is 0 Å². The number of nitrogens with one attached hydrogen (secondary N) is 1. The Balaban J connectivity index is 2.44. The molecule has 0 radical (unpaired) electrons. The van der Waals surface area contributed by atoms with Crippen LogP contribution in [0.4, 0.5) is 5.69 Å². The molecule has 1 unspecified atom stereocenters. The van der Waals surface area contributed by atoms with Gasteiger partial charge < -0.3 is 10.2 Å². The van der Waals surface area contributed by atoms with Crippen molar-refractivity contribution in [2.75, 3.05) is 25.5 Å². The highest BCUT2D eigenvalue weighted by atomic mass is 15.1. The monoisotopic (exact) mass is 290 g/mol. The van der Waals surface area contributed by atoms with Crippen molar-refractivity contribution in [2.24, 2.45) is 0 Å². The SMILES string of the molecule is CCCCCCCCC(NCC)c1ccc(N(C)C)cc1. The highest BCUT2D eigenvalue weighted by molar-refractivity contribution is 5.46. The molecule has 1 rings (SSSR count). The average Bonchev–Trinajstić information content (AvgIpc) is 2.49. The van der Waals surface area contributed by atoms with Gasteiger partial charge in [0, 0.05) is 25.8 Å². The molecule has 2 nitrogen and oxygen atoms in total. The Morgan fingerprint density at radius 1 is 0.905 bits per heavy atom. The van der Waals surface area contributed by atoms with Gasteiger partial charge in [-0.05, 0) is 30.7 Å². The molecule has 0 aliphatic rings. The van der Waals surface area contributed by atoms with Crippen molar-refractivity contribution in [1.29, 1.82) is 0 Å². The third kappa shape index (κ3) is 6.99. The summed E-state index contributed by atoms with van der Waals surface area (Å²) in [4.78, 5) is 2.15. The largest absolute Gasteiger partial charge is 0.378 e. The van der Waals surface area contributed by atoms with E-state index in [0.29, 0.717) is 6.04 Å². The van der Waals surface area contributed by atoms with E-state index in [-0.39, 0.29) is 0 Å². The van der Waals surface area contributed by atoms with E-state index in [1.807, 2.05) is 0 Å². The van der Waals surface area contributed by atoms with Crippen LogP contribution in [-0.4, -0.2) is 20.6 Å². The van der Waals surface area contributed by atoms with Gasteiger partial charge in [-0.25, -0.2) is 0 Å². The second-order valence-corrected chi connectivity index (χ2v) is 6.15. The smallest absolute Gasteiger partial charge is 0.0361 e. The molecule has 1 aromatic rings. The van der Waals surface area contributed by atoms with E-state index in [4.69, 9.17) is 0 Å². The molecule has 0 aliphatic heterocycles.